The number of carbonyl (C=O) groups excluding carboxylic acids is 2. The van der Waals surface area contributed by atoms with Gasteiger partial charge in [0.2, 0.25) is 0 Å². The molecule has 0 aliphatic carbocycles. The van der Waals surface area contributed by atoms with Gasteiger partial charge in [-0.2, -0.15) is 10.1 Å². The lowest BCUT2D eigenvalue weighted by molar-refractivity contribution is -0.138. The minimum Gasteiger partial charge on any atom is -0.463 e. The van der Waals surface area contributed by atoms with Gasteiger partial charge in [-0.3, -0.25) is 14.2 Å². The number of nitrogens with zero attached hydrogens (tertiary/aromatic N) is 4. The van der Waals surface area contributed by atoms with E-state index in [4.69, 9.17) is 9.73 Å². The number of amides is 1. The van der Waals surface area contributed by atoms with Crippen molar-refractivity contribution in [3.8, 4) is 0 Å². The number of hydrogen-bond acceptors (Lipinski definition) is 7. The van der Waals surface area contributed by atoms with E-state index in [1.807, 2.05) is 91.0 Å². The SMILES string of the molecule is CCOC(=O)C1=C(c2ccccc2)N=c2s/c(=C/[C@H]3C(=O)N(c4ccccc4)N=C3C)c(=O)n2[C@H]1c1ccccc1. The van der Waals surface area contributed by atoms with Gasteiger partial charge >= 0.3 is 5.97 Å². The van der Waals surface area contributed by atoms with Gasteiger partial charge in [0.05, 0.1) is 39.9 Å². The minimum absolute atomic E-state index is 0.177. The van der Waals surface area contributed by atoms with Gasteiger partial charge in [0, 0.05) is 5.56 Å². The van der Waals surface area contributed by atoms with Crippen LogP contribution in [0.4, 0.5) is 5.69 Å². The van der Waals surface area contributed by atoms with Crippen molar-refractivity contribution < 1.29 is 14.3 Å². The first-order valence-electron chi connectivity index (χ1n) is 13.3. The maximum atomic E-state index is 14.1. The maximum absolute atomic E-state index is 14.1. The monoisotopic (exact) mass is 562 g/mol. The Morgan fingerprint density at radius 2 is 1.59 bits per heavy atom. The third-order valence-corrected chi connectivity index (χ3v) is 7.99. The average Bonchev–Trinajstić information content (AvgIpc) is 3.48. The molecule has 9 heteroatoms. The first-order chi connectivity index (χ1) is 20.0. The van der Waals surface area contributed by atoms with Crippen molar-refractivity contribution in [1.82, 2.24) is 4.57 Å². The second-order valence-corrected chi connectivity index (χ2v) is 10.6. The molecule has 41 heavy (non-hydrogen) atoms. The zero-order chi connectivity index (χ0) is 28.5. The maximum Gasteiger partial charge on any atom is 0.338 e. The minimum atomic E-state index is -0.765. The van der Waals surface area contributed by atoms with Gasteiger partial charge in [-0.25, -0.2) is 9.79 Å². The summed E-state index contributed by atoms with van der Waals surface area (Å²) in [5.74, 6) is -1.48. The molecule has 1 amide bonds. The van der Waals surface area contributed by atoms with E-state index in [1.165, 1.54) is 20.9 Å². The van der Waals surface area contributed by atoms with Crippen LogP contribution in [-0.2, 0) is 14.3 Å². The lowest BCUT2D eigenvalue weighted by Gasteiger charge is -2.25. The lowest BCUT2D eigenvalue weighted by atomic mass is 9.93. The first kappa shape index (κ1) is 26.3. The Bertz CT molecular complexity index is 1880. The van der Waals surface area contributed by atoms with E-state index in [1.54, 1.807) is 19.9 Å². The molecule has 0 bridgehead atoms. The highest BCUT2D eigenvalue weighted by Crippen LogP contribution is 2.35. The van der Waals surface area contributed by atoms with Crippen LogP contribution in [-0.4, -0.2) is 28.8 Å². The topological polar surface area (TPSA) is 93.3 Å². The summed E-state index contributed by atoms with van der Waals surface area (Å²) in [5, 5.41) is 5.84. The predicted octanol–water partition coefficient (Wildman–Crippen LogP) is 3.93. The second kappa shape index (κ2) is 10.9. The Morgan fingerprint density at radius 3 is 2.24 bits per heavy atom. The van der Waals surface area contributed by atoms with Crippen molar-refractivity contribution in [2.24, 2.45) is 16.0 Å². The average molecular weight is 563 g/mol. The fourth-order valence-electron chi connectivity index (χ4n) is 5.08. The molecule has 0 radical (unpaired) electrons. The Morgan fingerprint density at radius 1 is 0.951 bits per heavy atom. The highest BCUT2D eigenvalue weighted by atomic mass is 32.1. The summed E-state index contributed by atoms with van der Waals surface area (Å²) in [7, 11) is 0. The molecule has 204 valence electrons. The molecular formula is C32H26N4O4S. The molecule has 0 N–H and O–H groups in total. The highest BCUT2D eigenvalue weighted by molar-refractivity contribution is 7.07. The second-order valence-electron chi connectivity index (χ2n) is 9.57. The highest BCUT2D eigenvalue weighted by Gasteiger charge is 2.36. The fourth-order valence-corrected chi connectivity index (χ4v) is 6.09. The molecule has 3 heterocycles. The number of thiazole rings is 1. The van der Waals surface area contributed by atoms with Gasteiger partial charge in [0.15, 0.2) is 4.80 Å². The number of ether oxygens (including phenoxy) is 1. The Kier molecular flexibility index (Phi) is 7.03. The van der Waals surface area contributed by atoms with Crippen LogP contribution in [0.25, 0.3) is 11.8 Å². The standard InChI is InChI=1S/C32H26N4O4S/c1-3-40-31(39)26-27(21-13-7-4-8-14-21)33-32-35(28(26)22-15-9-5-10-16-22)30(38)25(41-32)19-24-20(2)34-36(29(24)37)23-17-11-6-12-18-23/h4-19,24,28H,3H2,1-2H3/b25-19+/t24-,28+/m1/s1. The van der Waals surface area contributed by atoms with Crippen LogP contribution in [0.5, 0.6) is 0 Å². The molecule has 0 spiro atoms. The normalized spacial score (nSPS) is 18.7. The number of para-hydroxylation sites is 1. The van der Waals surface area contributed by atoms with Crippen LogP contribution >= 0.6 is 11.3 Å². The Balaban J connectivity index is 1.55. The first-order valence-corrected chi connectivity index (χ1v) is 14.1. The van der Waals surface area contributed by atoms with Gasteiger partial charge in [0.25, 0.3) is 11.5 Å². The van der Waals surface area contributed by atoms with Crippen LogP contribution in [0.3, 0.4) is 0 Å². The summed E-state index contributed by atoms with van der Waals surface area (Å²) in [6, 6.07) is 27.2. The van der Waals surface area contributed by atoms with Gasteiger partial charge in [-0.1, -0.05) is 90.2 Å². The molecule has 4 aromatic rings. The third kappa shape index (κ3) is 4.74. The van der Waals surface area contributed by atoms with Gasteiger partial charge in [0.1, 0.15) is 5.92 Å². The van der Waals surface area contributed by atoms with E-state index in [9.17, 15) is 14.4 Å². The summed E-state index contributed by atoms with van der Waals surface area (Å²) < 4.78 is 7.38. The van der Waals surface area contributed by atoms with E-state index >= 15 is 0 Å². The molecule has 0 saturated carbocycles. The number of anilines is 1. The number of benzene rings is 3. The Labute approximate surface area is 239 Å². The summed E-state index contributed by atoms with van der Waals surface area (Å²) in [6.07, 6.45) is 1.66. The third-order valence-electron chi connectivity index (χ3n) is 6.99. The van der Waals surface area contributed by atoms with E-state index in [2.05, 4.69) is 5.10 Å². The smallest absolute Gasteiger partial charge is 0.338 e. The lowest BCUT2D eigenvalue weighted by Crippen LogP contribution is -2.40. The molecule has 6 rings (SSSR count). The molecule has 2 atom stereocenters. The summed E-state index contributed by atoms with van der Waals surface area (Å²) in [5.41, 5.74) is 3.13. The van der Waals surface area contributed by atoms with Crippen molar-refractivity contribution >= 4 is 46.4 Å². The number of aromatic nitrogens is 1. The van der Waals surface area contributed by atoms with Crippen molar-refractivity contribution in [3.63, 3.8) is 0 Å². The molecule has 2 aliphatic rings. The largest absolute Gasteiger partial charge is 0.463 e. The number of esters is 1. The van der Waals surface area contributed by atoms with Crippen LogP contribution in [0.1, 0.15) is 31.0 Å². The van der Waals surface area contributed by atoms with Crippen LogP contribution in [0.15, 0.2) is 111 Å². The summed E-state index contributed by atoms with van der Waals surface area (Å²) in [4.78, 5) is 46.2. The van der Waals surface area contributed by atoms with Crippen LogP contribution in [0, 0.1) is 5.92 Å². The molecule has 0 fully saturated rings. The number of fused-ring (bicyclic) bond motifs is 1. The van der Waals surface area contributed by atoms with Gasteiger partial charge in [-0.05, 0) is 37.6 Å². The quantitative estimate of drug-likeness (QED) is 0.333. The number of carbonyl (C=O) groups is 2. The van der Waals surface area contributed by atoms with Crippen LogP contribution in [0.2, 0.25) is 0 Å². The summed E-state index contributed by atoms with van der Waals surface area (Å²) in [6.45, 7) is 3.70. The molecule has 8 nitrogen and oxygen atoms in total. The molecular weight excluding hydrogens is 536 g/mol. The van der Waals surface area contributed by atoms with Gasteiger partial charge < -0.3 is 4.74 Å². The van der Waals surface area contributed by atoms with E-state index in [-0.39, 0.29) is 23.6 Å². The molecule has 1 aromatic heterocycles. The van der Waals surface area contributed by atoms with Gasteiger partial charge in [-0.15, -0.1) is 0 Å². The molecule has 0 saturated heterocycles. The van der Waals surface area contributed by atoms with E-state index in [0.717, 1.165) is 11.1 Å². The summed E-state index contributed by atoms with van der Waals surface area (Å²) >= 11 is 1.19. The van der Waals surface area contributed by atoms with E-state index in [0.29, 0.717) is 26.4 Å². The Hall–Kier alpha value is -4.89. The van der Waals surface area contributed by atoms with Crippen molar-refractivity contribution in [1.29, 1.82) is 0 Å². The predicted molar refractivity (Wildman–Crippen MR) is 159 cm³/mol. The fraction of sp³-hybridized carbons (Fsp3) is 0.156. The number of hydrogen-bond donors (Lipinski definition) is 0. The molecule has 2 aliphatic heterocycles. The zero-order valence-electron chi connectivity index (χ0n) is 22.4. The van der Waals surface area contributed by atoms with Crippen LogP contribution < -0.4 is 19.9 Å². The van der Waals surface area contributed by atoms with Crippen molar-refractivity contribution in [2.45, 2.75) is 19.9 Å². The number of hydrazone groups is 1. The van der Waals surface area contributed by atoms with Crippen molar-refractivity contribution in [2.75, 3.05) is 11.6 Å². The zero-order valence-corrected chi connectivity index (χ0v) is 23.2. The van der Waals surface area contributed by atoms with E-state index < -0.39 is 17.9 Å². The molecule has 3 aromatic carbocycles. The number of rotatable bonds is 6. The molecule has 0 unspecified atom stereocenters. The van der Waals surface area contributed by atoms with Crippen molar-refractivity contribution in [3.05, 3.63) is 127 Å².